The highest BCUT2D eigenvalue weighted by molar-refractivity contribution is 5.99. The fourth-order valence-electron chi connectivity index (χ4n) is 4.04. The molecule has 0 aliphatic heterocycles. The quantitative estimate of drug-likeness (QED) is 0.342. The smallest absolute Gasteiger partial charge is 0.352 e. The number of aryl methyl sites for hydroxylation is 1. The second-order valence-electron chi connectivity index (χ2n) is 8.60. The van der Waals surface area contributed by atoms with Crippen molar-refractivity contribution in [2.24, 2.45) is 0 Å². The van der Waals surface area contributed by atoms with E-state index >= 15 is 0 Å². The molecule has 0 unspecified atom stereocenters. The van der Waals surface area contributed by atoms with E-state index in [0.29, 0.717) is 36.5 Å². The fourth-order valence-corrected chi connectivity index (χ4v) is 4.04. The van der Waals surface area contributed by atoms with Gasteiger partial charge in [0.15, 0.2) is 5.69 Å². The summed E-state index contributed by atoms with van der Waals surface area (Å²) in [5.41, 5.74) is 2.40. The standard InChI is InChI=1S/C26H24F3N5O/c27-26(28,29)23-16-22(18-12-13-18)33(31-23)15-7-14-30-25(35)21-17-34(20-10-5-2-6-11-20)32-24(21)19-8-3-1-4-9-19/h1-6,8-11,16-18H,7,12-15H2,(H,30,35). The van der Waals surface area contributed by atoms with Crippen LogP contribution in [0, 0.1) is 0 Å². The van der Waals surface area contributed by atoms with E-state index in [1.807, 2.05) is 60.7 Å². The SMILES string of the molecule is O=C(NCCCn1nc(C(F)(F)F)cc1C1CC1)c1cn(-c2ccccc2)nc1-c1ccccc1. The molecule has 9 heteroatoms. The molecular weight excluding hydrogens is 455 g/mol. The topological polar surface area (TPSA) is 64.7 Å². The van der Waals surface area contributed by atoms with Crippen LogP contribution in [0.5, 0.6) is 0 Å². The van der Waals surface area contributed by atoms with Gasteiger partial charge < -0.3 is 5.32 Å². The van der Waals surface area contributed by atoms with E-state index in [2.05, 4.69) is 15.5 Å². The Bertz CT molecular complexity index is 1310. The monoisotopic (exact) mass is 479 g/mol. The number of carbonyl (C=O) groups excluding carboxylic acids is 1. The van der Waals surface area contributed by atoms with Crippen molar-refractivity contribution >= 4 is 5.91 Å². The van der Waals surface area contributed by atoms with Gasteiger partial charge in [-0.15, -0.1) is 0 Å². The van der Waals surface area contributed by atoms with Crippen molar-refractivity contribution in [3.05, 3.63) is 89.9 Å². The third-order valence-corrected chi connectivity index (χ3v) is 5.96. The van der Waals surface area contributed by atoms with Gasteiger partial charge in [0.25, 0.3) is 5.91 Å². The Labute approximate surface area is 200 Å². The number of amides is 1. The summed E-state index contributed by atoms with van der Waals surface area (Å²) >= 11 is 0. The molecule has 6 nitrogen and oxygen atoms in total. The summed E-state index contributed by atoms with van der Waals surface area (Å²) < 4.78 is 42.4. The number of nitrogens with one attached hydrogen (secondary N) is 1. The number of hydrogen-bond donors (Lipinski definition) is 1. The van der Waals surface area contributed by atoms with Gasteiger partial charge in [-0.25, -0.2) is 4.68 Å². The summed E-state index contributed by atoms with van der Waals surface area (Å²) in [4.78, 5) is 13.1. The molecule has 0 radical (unpaired) electrons. The number of rotatable bonds is 8. The van der Waals surface area contributed by atoms with Crippen LogP contribution in [0.15, 0.2) is 72.9 Å². The van der Waals surface area contributed by atoms with Gasteiger partial charge in [0.1, 0.15) is 5.69 Å². The molecule has 2 aromatic heterocycles. The first kappa shape index (κ1) is 22.9. The summed E-state index contributed by atoms with van der Waals surface area (Å²) in [6, 6.07) is 20.1. The van der Waals surface area contributed by atoms with E-state index < -0.39 is 11.9 Å². The molecule has 1 aliphatic carbocycles. The fraction of sp³-hybridized carbons (Fsp3) is 0.269. The van der Waals surface area contributed by atoms with Gasteiger partial charge in [0, 0.05) is 36.5 Å². The first-order valence-corrected chi connectivity index (χ1v) is 11.5. The van der Waals surface area contributed by atoms with Gasteiger partial charge in [-0.2, -0.15) is 23.4 Å². The van der Waals surface area contributed by atoms with Crippen molar-refractivity contribution < 1.29 is 18.0 Å². The van der Waals surface area contributed by atoms with E-state index in [1.165, 1.54) is 4.68 Å². The summed E-state index contributed by atoms with van der Waals surface area (Å²) in [5.74, 6) is -0.143. The second kappa shape index (κ2) is 9.40. The van der Waals surface area contributed by atoms with Crippen LogP contribution in [-0.2, 0) is 12.7 Å². The summed E-state index contributed by atoms with van der Waals surface area (Å²) in [5, 5.41) is 11.3. The molecule has 1 aliphatic rings. The average Bonchev–Trinajstić information content (AvgIpc) is 3.44. The molecule has 2 aromatic carbocycles. The van der Waals surface area contributed by atoms with Gasteiger partial charge in [0.05, 0.1) is 11.3 Å². The molecule has 2 heterocycles. The van der Waals surface area contributed by atoms with Crippen molar-refractivity contribution in [1.82, 2.24) is 24.9 Å². The Morgan fingerprint density at radius 1 is 1.00 bits per heavy atom. The van der Waals surface area contributed by atoms with Crippen LogP contribution in [0.2, 0.25) is 0 Å². The molecule has 0 bridgehead atoms. The number of carbonyl (C=O) groups is 1. The van der Waals surface area contributed by atoms with Crippen molar-refractivity contribution in [1.29, 1.82) is 0 Å². The third kappa shape index (κ3) is 5.13. The van der Waals surface area contributed by atoms with Crippen LogP contribution < -0.4 is 5.32 Å². The molecule has 5 rings (SSSR count). The second-order valence-corrected chi connectivity index (χ2v) is 8.60. The van der Waals surface area contributed by atoms with E-state index in [0.717, 1.165) is 30.2 Å². The first-order chi connectivity index (χ1) is 16.9. The molecule has 1 N–H and O–H groups in total. The highest BCUT2D eigenvalue weighted by atomic mass is 19.4. The van der Waals surface area contributed by atoms with Gasteiger partial charge in [-0.3, -0.25) is 9.48 Å². The molecule has 0 spiro atoms. The minimum absolute atomic E-state index is 0.144. The normalized spacial score (nSPS) is 13.7. The number of hydrogen-bond acceptors (Lipinski definition) is 3. The minimum atomic E-state index is -4.46. The highest BCUT2D eigenvalue weighted by Gasteiger charge is 2.37. The Balaban J connectivity index is 1.29. The van der Waals surface area contributed by atoms with Crippen molar-refractivity contribution in [2.75, 3.05) is 6.54 Å². The maximum absolute atomic E-state index is 13.1. The zero-order valence-corrected chi connectivity index (χ0v) is 18.9. The molecule has 35 heavy (non-hydrogen) atoms. The van der Waals surface area contributed by atoms with Crippen LogP contribution in [0.1, 0.15) is 46.9 Å². The summed E-state index contributed by atoms with van der Waals surface area (Å²) in [6.45, 7) is 0.603. The Morgan fingerprint density at radius 3 is 2.34 bits per heavy atom. The number of benzene rings is 2. The Kier molecular flexibility index (Phi) is 6.15. The number of alkyl halides is 3. The van der Waals surface area contributed by atoms with E-state index in [1.54, 1.807) is 10.9 Å². The van der Waals surface area contributed by atoms with Gasteiger partial charge in [-0.1, -0.05) is 48.5 Å². The number of nitrogens with zero attached hydrogens (tertiary/aromatic N) is 4. The molecule has 1 amide bonds. The molecule has 1 fully saturated rings. The lowest BCUT2D eigenvalue weighted by atomic mass is 10.1. The lowest BCUT2D eigenvalue weighted by Gasteiger charge is -2.08. The molecule has 180 valence electrons. The van der Waals surface area contributed by atoms with Crippen molar-refractivity contribution in [3.8, 4) is 16.9 Å². The number of halogens is 3. The van der Waals surface area contributed by atoms with Crippen LogP contribution in [0.4, 0.5) is 13.2 Å². The number of para-hydroxylation sites is 1. The highest BCUT2D eigenvalue weighted by Crippen LogP contribution is 2.42. The van der Waals surface area contributed by atoms with Crippen LogP contribution >= 0.6 is 0 Å². The summed E-state index contributed by atoms with van der Waals surface area (Å²) in [6.07, 6.45) is -0.546. The first-order valence-electron chi connectivity index (χ1n) is 11.5. The lowest BCUT2D eigenvalue weighted by Crippen LogP contribution is -2.25. The molecule has 0 atom stereocenters. The van der Waals surface area contributed by atoms with E-state index in [4.69, 9.17) is 0 Å². The Morgan fingerprint density at radius 2 is 1.69 bits per heavy atom. The predicted molar refractivity (Wildman–Crippen MR) is 125 cm³/mol. The largest absolute Gasteiger partial charge is 0.435 e. The van der Waals surface area contributed by atoms with Crippen LogP contribution in [0.3, 0.4) is 0 Å². The van der Waals surface area contributed by atoms with Gasteiger partial charge in [0.2, 0.25) is 0 Å². The molecule has 0 saturated heterocycles. The predicted octanol–water partition coefficient (Wildman–Crippen LogP) is 5.45. The zero-order valence-electron chi connectivity index (χ0n) is 18.9. The van der Waals surface area contributed by atoms with Gasteiger partial charge in [-0.05, 0) is 37.5 Å². The lowest BCUT2D eigenvalue weighted by molar-refractivity contribution is -0.141. The zero-order chi connectivity index (χ0) is 24.4. The van der Waals surface area contributed by atoms with Crippen LogP contribution in [-0.4, -0.2) is 32.0 Å². The van der Waals surface area contributed by atoms with Crippen molar-refractivity contribution in [3.63, 3.8) is 0 Å². The minimum Gasteiger partial charge on any atom is -0.352 e. The van der Waals surface area contributed by atoms with E-state index in [9.17, 15) is 18.0 Å². The third-order valence-electron chi connectivity index (χ3n) is 5.96. The summed E-state index contributed by atoms with van der Waals surface area (Å²) in [7, 11) is 0. The average molecular weight is 480 g/mol. The van der Waals surface area contributed by atoms with Crippen molar-refractivity contribution in [2.45, 2.75) is 37.9 Å². The maximum Gasteiger partial charge on any atom is 0.435 e. The maximum atomic E-state index is 13.1. The number of aromatic nitrogens is 4. The molecular formula is C26H24F3N5O. The molecule has 1 saturated carbocycles. The Hall–Kier alpha value is -3.88. The van der Waals surface area contributed by atoms with Crippen LogP contribution in [0.25, 0.3) is 16.9 Å². The van der Waals surface area contributed by atoms with Gasteiger partial charge >= 0.3 is 6.18 Å². The van der Waals surface area contributed by atoms with E-state index in [-0.39, 0.29) is 11.8 Å². The molecule has 4 aromatic rings.